The van der Waals surface area contributed by atoms with Crippen molar-refractivity contribution in [3.8, 4) is 5.75 Å². The molecule has 122 valence electrons. The van der Waals surface area contributed by atoms with E-state index < -0.39 is 0 Å². The summed E-state index contributed by atoms with van der Waals surface area (Å²) in [5.74, 6) is 0.308. The van der Waals surface area contributed by atoms with E-state index in [4.69, 9.17) is 0 Å². The van der Waals surface area contributed by atoms with Gasteiger partial charge in [0.2, 0.25) is 0 Å². The second-order valence-corrected chi connectivity index (χ2v) is 5.90. The molecule has 0 fully saturated rings. The van der Waals surface area contributed by atoms with Gasteiger partial charge in [-0.3, -0.25) is 4.68 Å². The topological polar surface area (TPSA) is 79.2 Å². The van der Waals surface area contributed by atoms with Gasteiger partial charge in [0.1, 0.15) is 5.75 Å². The molecule has 3 N–H and O–H groups in total. The summed E-state index contributed by atoms with van der Waals surface area (Å²) in [6, 6.07) is 5.14. The molecule has 1 atom stereocenters. The van der Waals surface area contributed by atoms with Crippen LogP contribution in [-0.4, -0.2) is 20.9 Å². The largest absolute Gasteiger partial charge is 0.508 e. The summed E-state index contributed by atoms with van der Waals surface area (Å²) in [6.07, 6.45) is 1.57. The number of urea groups is 1. The molecule has 1 heterocycles. The van der Waals surface area contributed by atoms with E-state index in [1.54, 1.807) is 6.07 Å². The van der Waals surface area contributed by atoms with E-state index in [9.17, 15) is 9.90 Å². The van der Waals surface area contributed by atoms with E-state index in [-0.39, 0.29) is 12.1 Å². The Morgan fingerprint density at radius 3 is 2.91 bits per heavy atom. The van der Waals surface area contributed by atoms with Gasteiger partial charge in [0.25, 0.3) is 0 Å². The Labute approximate surface area is 135 Å². The van der Waals surface area contributed by atoms with Crippen molar-refractivity contribution in [2.24, 2.45) is 0 Å². The zero-order valence-electron chi connectivity index (χ0n) is 13.7. The Bertz CT molecular complexity index is 751. The van der Waals surface area contributed by atoms with E-state index in [0.29, 0.717) is 5.75 Å². The number of phenols is 1. The molecule has 1 aromatic carbocycles. The lowest BCUT2D eigenvalue weighted by Crippen LogP contribution is -2.31. The van der Waals surface area contributed by atoms with Crippen molar-refractivity contribution in [3.63, 3.8) is 0 Å². The van der Waals surface area contributed by atoms with Gasteiger partial charge in [0.15, 0.2) is 0 Å². The van der Waals surface area contributed by atoms with Gasteiger partial charge in [-0.1, -0.05) is 12.1 Å². The van der Waals surface area contributed by atoms with Gasteiger partial charge in [-0.15, -0.1) is 0 Å². The molecule has 6 nitrogen and oxygen atoms in total. The van der Waals surface area contributed by atoms with E-state index in [1.807, 2.05) is 37.6 Å². The van der Waals surface area contributed by atoms with Crippen molar-refractivity contribution in [1.29, 1.82) is 0 Å². The Morgan fingerprint density at radius 1 is 1.43 bits per heavy atom. The average molecular weight is 314 g/mol. The number of hydrogen-bond acceptors (Lipinski definition) is 3. The third kappa shape index (κ3) is 2.76. The zero-order chi connectivity index (χ0) is 16.6. The molecule has 1 unspecified atom stereocenters. The molecule has 0 saturated carbocycles. The second-order valence-electron chi connectivity index (χ2n) is 5.90. The molecular formula is C17H22N4O2. The molecule has 0 spiro atoms. The number of aryl methyl sites for hydroxylation is 2. The van der Waals surface area contributed by atoms with Gasteiger partial charge in [0, 0.05) is 6.54 Å². The van der Waals surface area contributed by atoms with Crippen molar-refractivity contribution < 1.29 is 9.90 Å². The number of aromatic nitrogens is 2. The summed E-state index contributed by atoms with van der Waals surface area (Å²) in [4.78, 5) is 12.3. The Kier molecular flexibility index (Phi) is 3.98. The summed E-state index contributed by atoms with van der Waals surface area (Å²) < 4.78 is 1.87. The summed E-state index contributed by atoms with van der Waals surface area (Å²) in [6.45, 7) is 6.62. The standard InChI is InChI=1S/C17H22N4O2/c1-4-21-11(3)16(10(2)20-21)19-17(23)18-14-9-8-13-12(14)6-5-7-15(13)22/h5-7,14,22H,4,8-9H2,1-3H3,(H2,18,19,23). The number of nitrogens with zero attached hydrogens (tertiary/aromatic N) is 2. The average Bonchev–Trinajstić information content (AvgIpc) is 3.04. The van der Waals surface area contributed by atoms with Crippen LogP contribution in [0.3, 0.4) is 0 Å². The number of aromatic hydroxyl groups is 1. The fraction of sp³-hybridized carbons (Fsp3) is 0.412. The normalized spacial score (nSPS) is 16.2. The number of phenolic OH excluding ortho intramolecular Hbond substituents is 1. The minimum absolute atomic E-state index is 0.0704. The van der Waals surface area contributed by atoms with Crippen molar-refractivity contribution in [2.75, 3.05) is 5.32 Å². The lowest BCUT2D eigenvalue weighted by atomic mass is 10.1. The van der Waals surface area contributed by atoms with Gasteiger partial charge < -0.3 is 15.7 Å². The van der Waals surface area contributed by atoms with Crippen molar-refractivity contribution in [3.05, 3.63) is 40.7 Å². The molecule has 23 heavy (non-hydrogen) atoms. The van der Waals surface area contributed by atoms with E-state index in [2.05, 4.69) is 15.7 Å². The number of benzene rings is 1. The summed E-state index contributed by atoms with van der Waals surface area (Å²) in [7, 11) is 0. The van der Waals surface area contributed by atoms with Crippen LogP contribution in [0.2, 0.25) is 0 Å². The highest BCUT2D eigenvalue weighted by molar-refractivity contribution is 5.90. The van der Waals surface area contributed by atoms with E-state index in [0.717, 1.165) is 47.6 Å². The smallest absolute Gasteiger partial charge is 0.319 e. The zero-order valence-corrected chi connectivity index (χ0v) is 13.7. The number of carbonyl (C=O) groups excluding carboxylic acids is 1. The van der Waals surface area contributed by atoms with Gasteiger partial charge in [0.05, 0.1) is 23.1 Å². The van der Waals surface area contributed by atoms with E-state index in [1.165, 1.54) is 0 Å². The third-order valence-corrected chi connectivity index (χ3v) is 4.47. The van der Waals surface area contributed by atoms with Gasteiger partial charge >= 0.3 is 6.03 Å². The van der Waals surface area contributed by atoms with Crippen LogP contribution < -0.4 is 10.6 Å². The minimum Gasteiger partial charge on any atom is -0.508 e. The van der Waals surface area contributed by atoms with Crippen LogP contribution >= 0.6 is 0 Å². The highest BCUT2D eigenvalue weighted by Gasteiger charge is 2.26. The highest BCUT2D eigenvalue weighted by Crippen LogP contribution is 2.36. The molecule has 0 bridgehead atoms. The first kappa shape index (κ1) is 15.4. The van der Waals surface area contributed by atoms with Crippen LogP contribution in [0.15, 0.2) is 18.2 Å². The first-order valence-electron chi connectivity index (χ1n) is 7.93. The maximum Gasteiger partial charge on any atom is 0.319 e. The number of rotatable bonds is 3. The lowest BCUT2D eigenvalue weighted by Gasteiger charge is -2.15. The molecule has 2 amide bonds. The summed E-state index contributed by atoms with van der Waals surface area (Å²) in [5, 5.41) is 20.2. The van der Waals surface area contributed by atoms with Gasteiger partial charge in [-0.2, -0.15) is 5.10 Å². The number of anilines is 1. The van der Waals surface area contributed by atoms with Crippen LogP contribution in [0.1, 0.15) is 41.9 Å². The van der Waals surface area contributed by atoms with E-state index >= 15 is 0 Å². The minimum atomic E-state index is -0.243. The summed E-state index contributed by atoms with van der Waals surface area (Å²) in [5.41, 5.74) is 4.45. The van der Waals surface area contributed by atoms with Gasteiger partial charge in [-0.25, -0.2) is 4.79 Å². The lowest BCUT2D eigenvalue weighted by molar-refractivity contribution is 0.248. The fourth-order valence-corrected chi connectivity index (χ4v) is 3.28. The highest BCUT2D eigenvalue weighted by atomic mass is 16.3. The quantitative estimate of drug-likeness (QED) is 0.814. The van der Waals surface area contributed by atoms with Crippen molar-refractivity contribution in [2.45, 2.75) is 46.2 Å². The van der Waals surface area contributed by atoms with Gasteiger partial charge in [-0.05, 0) is 50.8 Å². The monoisotopic (exact) mass is 314 g/mol. The Morgan fingerprint density at radius 2 is 2.22 bits per heavy atom. The number of nitrogens with one attached hydrogen (secondary N) is 2. The predicted molar refractivity (Wildman–Crippen MR) is 88.7 cm³/mol. The number of fused-ring (bicyclic) bond motifs is 1. The summed E-state index contributed by atoms with van der Waals surface area (Å²) >= 11 is 0. The molecule has 3 rings (SSSR count). The Balaban J connectivity index is 1.73. The second kappa shape index (κ2) is 5.95. The first-order valence-corrected chi connectivity index (χ1v) is 7.93. The molecule has 0 radical (unpaired) electrons. The molecule has 2 aromatic rings. The molecule has 1 aromatic heterocycles. The molecule has 0 saturated heterocycles. The van der Waals surface area contributed by atoms with Crippen LogP contribution in [0.25, 0.3) is 0 Å². The van der Waals surface area contributed by atoms with Crippen LogP contribution in [0, 0.1) is 13.8 Å². The molecular weight excluding hydrogens is 292 g/mol. The number of hydrogen-bond donors (Lipinski definition) is 3. The first-order chi connectivity index (χ1) is 11.0. The Hall–Kier alpha value is -2.50. The maximum atomic E-state index is 12.3. The SMILES string of the molecule is CCn1nc(C)c(NC(=O)NC2CCc3c(O)cccc32)c1C. The van der Waals surface area contributed by atoms with Crippen LogP contribution in [-0.2, 0) is 13.0 Å². The number of amides is 2. The molecule has 6 heteroatoms. The predicted octanol–water partition coefficient (Wildman–Crippen LogP) is 3.03. The fourth-order valence-electron chi connectivity index (χ4n) is 3.28. The van der Waals surface area contributed by atoms with Crippen LogP contribution in [0.4, 0.5) is 10.5 Å². The molecule has 0 aliphatic heterocycles. The van der Waals surface area contributed by atoms with Crippen molar-refractivity contribution in [1.82, 2.24) is 15.1 Å². The molecule has 1 aliphatic rings. The van der Waals surface area contributed by atoms with Crippen molar-refractivity contribution >= 4 is 11.7 Å². The molecule has 1 aliphatic carbocycles. The number of carbonyl (C=O) groups is 1. The third-order valence-electron chi connectivity index (χ3n) is 4.47. The maximum absolute atomic E-state index is 12.3. The van der Waals surface area contributed by atoms with Crippen LogP contribution in [0.5, 0.6) is 5.75 Å².